The van der Waals surface area contributed by atoms with E-state index in [0.29, 0.717) is 19.6 Å². The Kier molecular flexibility index (Phi) is 6.95. The Balaban J connectivity index is 0.00000200. The summed E-state index contributed by atoms with van der Waals surface area (Å²) in [6, 6.07) is 4.32. The minimum Gasteiger partial charge on any atom is -0.378 e. The fourth-order valence-corrected chi connectivity index (χ4v) is 2.97. The van der Waals surface area contributed by atoms with Crippen molar-refractivity contribution >= 4 is 29.7 Å². The highest BCUT2D eigenvalue weighted by molar-refractivity contribution is 7.10. The van der Waals surface area contributed by atoms with E-state index in [1.807, 2.05) is 6.07 Å². The van der Waals surface area contributed by atoms with Crippen LogP contribution >= 0.6 is 23.7 Å². The molecule has 4 nitrogen and oxygen atoms in total. The maximum Gasteiger partial charge on any atom is 0.221 e. The lowest BCUT2D eigenvalue weighted by molar-refractivity contribution is -0.122. The van der Waals surface area contributed by atoms with Crippen LogP contribution in [0.5, 0.6) is 0 Å². The van der Waals surface area contributed by atoms with Crippen LogP contribution in [-0.4, -0.2) is 38.3 Å². The van der Waals surface area contributed by atoms with Crippen molar-refractivity contribution in [2.75, 3.05) is 26.3 Å². The molecule has 1 aliphatic heterocycles. The Hall–Kier alpha value is -0.620. The van der Waals surface area contributed by atoms with E-state index < -0.39 is 0 Å². The summed E-state index contributed by atoms with van der Waals surface area (Å²) in [5.74, 6) is 0.0904. The van der Waals surface area contributed by atoms with Crippen LogP contribution in [0.3, 0.4) is 0 Å². The molecule has 6 heteroatoms. The molecule has 2 N–H and O–H groups in total. The van der Waals surface area contributed by atoms with Gasteiger partial charge in [-0.1, -0.05) is 19.9 Å². The second kappa shape index (κ2) is 7.98. The largest absolute Gasteiger partial charge is 0.378 e. The van der Waals surface area contributed by atoms with Crippen LogP contribution < -0.4 is 10.6 Å². The number of hydrogen-bond acceptors (Lipinski definition) is 4. The Labute approximate surface area is 130 Å². The molecule has 0 aromatic carbocycles. The standard InChI is InChI=1S/C14H22N2O2S.ClH/c1-14(2,12-4-3-7-19-12)10-16-13(17)8-11-9-18-6-5-15-11;/h3-4,7,11,15H,5-6,8-10H2,1-2H3,(H,16,17);1H. The van der Waals surface area contributed by atoms with Crippen molar-refractivity contribution < 1.29 is 9.53 Å². The lowest BCUT2D eigenvalue weighted by Crippen LogP contribution is -2.45. The first-order valence-electron chi connectivity index (χ1n) is 6.70. The average molecular weight is 319 g/mol. The van der Waals surface area contributed by atoms with E-state index in [1.54, 1.807) is 11.3 Å². The highest BCUT2D eigenvalue weighted by Gasteiger charge is 2.23. The van der Waals surface area contributed by atoms with Gasteiger partial charge in [0.15, 0.2) is 0 Å². The molecule has 2 rings (SSSR count). The Bertz CT molecular complexity index is 403. The zero-order chi connectivity index (χ0) is 13.7. The molecule has 1 unspecified atom stereocenters. The van der Waals surface area contributed by atoms with Crippen molar-refractivity contribution in [1.82, 2.24) is 10.6 Å². The molecule has 0 saturated carbocycles. The Morgan fingerprint density at radius 2 is 2.40 bits per heavy atom. The number of ether oxygens (including phenoxy) is 1. The lowest BCUT2D eigenvalue weighted by atomic mass is 9.91. The molecule has 0 bridgehead atoms. The number of nitrogens with one attached hydrogen (secondary N) is 2. The van der Waals surface area contributed by atoms with Gasteiger partial charge in [-0.3, -0.25) is 4.79 Å². The van der Waals surface area contributed by atoms with Gasteiger partial charge in [-0.05, 0) is 11.4 Å². The normalized spacial score (nSPS) is 19.2. The molecule has 0 aliphatic carbocycles. The van der Waals surface area contributed by atoms with Crippen LogP contribution in [0.1, 0.15) is 25.1 Å². The number of halogens is 1. The van der Waals surface area contributed by atoms with Crippen LogP contribution in [0.15, 0.2) is 17.5 Å². The van der Waals surface area contributed by atoms with Crippen LogP contribution in [0.25, 0.3) is 0 Å². The lowest BCUT2D eigenvalue weighted by Gasteiger charge is -2.26. The molecule has 20 heavy (non-hydrogen) atoms. The second-order valence-corrected chi connectivity index (χ2v) is 6.52. The van der Waals surface area contributed by atoms with E-state index in [2.05, 4.69) is 35.9 Å². The van der Waals surface area contributed by atoms with Gasteiger partial charge in [0.25, 0.3) is 0 Å². The molecular weight excluding hydrogens is 296 g/mol. The summed E-state index contributed by atoms with van der Waals surface area (Å²) in [4.78, 5) is 13.2. The van der Waals surface area contributed by atoms with E-state index in [1.165, 1.54) is 4.88 Å². The van der Waals surface area contributed by atoms with Crippen LogP contribution in [0, 0.1) is 0 Å². The van der Waals surface area contributed by atoms with Crippen LogP contribution in [-0.2, 0) is 14.9 Å². The molecular formula is C14H23ClN2O2S. The molecule has 1 saturated heterocycles. The second-order valence-electron chi connectivity index (χ2n) is 5.57. The van der Waals surface area contributed by atoms with Crippen molar-refractivity contribution in [2.45, 2.75) is 31.7 Å². The Morgan fingerprint density at radius 3 is 3.00 bits per heavy atom. The van der Waals surface area contributed by atoms with Crippen molar-refractivity contribution in [1.29, 1.82) is 0 Å². The summed E-state index contributed by atoms with van der Waals surface area (Å²) in [6.45, 7) is 7.17. The number of carbonyl (C=O) groups is 1. The number of rotatable bonds is 5. The summed E-state index contributed by atoms with van der Waals surface area (Å²) >= 11 is 1.73. The van der Waals surface area contributed by atoms with Gasteiger partial charge in [-0.25, -0.2) is 0 Å². The van der Waals surface area contributed by atoms with Gasteiger partial charge in [0.2, 0.25) is 5.91 Å². The van der Waals surface area contributed by atoms with Gasteiger partial charge in [0.1, 0.15) is 0 Å². The third-order valence-corrected chi connectivity index (χ3v) is 4.58. The van der Waals surface area contributed by atoms with Gasteiger partial charge in [-0.15, -0.1) is 23.7 Å². The first-order chi connectivity index (χ1) is 9.08. The molecule has 1 atom stereocenters. The van der Waals surface area contributed by atoms with E-state index in [9.17, 15) is 4.79 Å². The zero-order valence-electron chi connectivity index (χ0n) is 12.0. The van der Waals surface area contributed by atoms with Crippen molar-refractivity contribution in [3.63, 3.8) is 0 Å². The molecule has 1 fully saturated rings. The highest BCUT2D eigenvalue weighted by Crippen LogP contribution is 2.26. The van der Waals surface area contributed by atoms with Gasteiger partial charge < -0.3 is 15.4 Å². The van der Waals surface area contributed by atoms with Gasteiger partial charge in [0.05, 0.1) is 13.2 Å². The summed E-state index contributed by atoms with van der Waals surface area (Å²) < 4.78 is 5.35. The highest BCUT2D eigenvalue weighted by atomic mass is 35.5. The van der Waals surface area contributed by atoms with Crippen molar-refractivity contribution in [2.24, 2.45) is 0 Å². The number of carbonyl (C=O) groups excluding carboxylic acids is 1. The predicted molar refractivity (Wildman–Crippen MR) is 84.8 cm³/mol. The minimum atomic E-state index is -0.0136. The molecule has 114 valence electrons. The molecule has 0 radical (unpaired) electrons. The average Bonchev–Trinajstić information content (AvgIpc) is 2.92. The first-order valence-corrected chi connectivity index (χ1v) is 7.58. The fourth-order valence-electron chi connectivity index (χ4n) is 2.12. The van der Waals surface area contributed by atoms with Gasteiger partial charge >= 0.3 is 0 Å². The fraction of sp³-hybridized carbons (Fsp3) is 0.643. The van der Waals surface area contributed by atoms with Crippen molar-refractivity contribution in [3.05, 3.63) is 22.4 Å². The van der Waals surface area contributed by atoms with Crippen LogP contribution in [0.4, 0.5) is 0 Å². The van der Waals surface area contributed by atoms with E-state index >= 15 is 0 Å². The maximum absolute atomic E-state index is 11.9. The maximum atomic E-state index is 11.9. The topological polar surface area (TPSA) is 50.4 Å². The summed E-state index contributed by atoms with van der Waals surface area (Å²) in [5.41, 5.74) is -0.0136. The summed E-state index contributed by atoms with van der Waals surface area (Å²) in [7, 11) is 0. The third kappa shape index (κ3) is 5.05. The molecule has 0 spiro atoms. The van der Waals surface area contributed by atoms with E-state index in [0.717, 1.165) is 13.2 Å². The SMILES string of the molecule is CC(C)(CNC(=O)CC1COCCN1)c1cccs1.Cl. The zero-order valence-corrected chi connectivity index (χ0v) is 13.6. The van der Waals surface area contributed by atoms with Crippen molar-refractivity contribution in [3.8, 4) is 0 Å². The van der Waals surface area contributed by atoms with E-state index in [-0.39, 0.29) is 29.8 Å². The molecule has 1 aromatic heterocycles. The molecule has 1 amide bonds. The molecule has 1 aromatic rings. The number of hydrogen-bond donors (Lipinski definition) is 2. The van der Waals surface area contributed by atoms with Gasteiger partial charge in [0, 0.05) is 35.8 Å². The minimum absolute atomic E-state index is 0. The molecule has 1 aliphatic rings. The smallest absolute Gasteiger partial charge is 0.221 e. The number of morpholine rings is 1. The quantitative estimate of drug-likeness (QED) is 0.872. The summed E-state index contributed by atoms with van der Waals surface area (Å²) in [6.07, 6.45) is 0.487. The van der Waals surface area contributed by atoms with E-state index in [4.69, 9.17) is 4.74 Å². The predicted octanol–water partition coefficient (Wildman–Crippen LogP) is 1.94. The summed E-state index contributed by atoms with van der Waals surface area (Å²) in [5, 5.41) is 8.39. The first kappa shape index (κ1) is 17.4. The molecule has 2 heterocycles. The van der Waals surface area contributed by atoms with Crippen LogP contribution in [0.2, 0.25) is 0 Å². The monoisotopic (exact) mass is 318 g/mol. The Morgan fingerprint density at radius 1 is 1.60 bits per heavy atom. The van der Waals surface area contributed by atoms with Gasteiger partial charge in [-0.2, -0.15) is 0 Å². The number of amides is 1. The number of thiophene rings is 1. The third-order valence-electron chi connectivity index (χ3n) is 3.35.